The van der Waals surface area contributed by atoms with Crippen LogP contribution in [0.25, 0.3) is 11.1 Å². The molecule has 150 valence electrons. The standard InChI is InChI=1S/C21H24N6O2/c28-20(26-14-7-8-15(26)13-16(12-14)27-22-9-10-23-27)18-5-3-11-25(18)21-24-17-4-1-2-6-19(17)29-21/h1-2,4,6,9-10,14-16,18H,3,5,7-8,11-13H2. The van der Waals surface area contributed by atoms with Crippen molar-refractivity contribution in [1.82, 2.24) is 24.9 Å². The summed E-state index contributed by atoms with van der Waals surface area (Å²) in [5.74, 6) is 0.240. The maximum absolute atomic E-state index is 13.6. The van der Waals surface area contributed by atoms with E-state index in [0.29, 0.717) is 12.1 Å². The van der Waals surface area contributed by atoms with Crippen LogP contribution in [0.1, 0.15) is 44.6 Å². The number of para-hydroxylation sites is 2. The maximum Gasteiger partial charge on any atom is 0.299 e. The average molecular weight is 392 g/mol. The van der Waals surface area contributed by atoms with Gasteiger partial charge in [-0.25, -0.2) is 0 Å². The minimum absolute atomic E-state index is 0.175. The van der Waals surface area contributed by atoms with Gasteiger partial charge < -0.3 is 14.2 Å². The number of anilines is 1. The Bertz CT molecular complexity index is 984. The fraction of sp³-hybridized carbons (Fsp3) is 0.524. The number of aromatic nitrogens is 4. The van der Waals surface area contributed by atoms with Crippen LogP contribution in [-0.4, -0.2) is 55.5 Å². The van der Waals surface area contributed by atoms with E-state index in [4.69, 9.17) is 4.42 Å². The van der Waals surface area contributed by atoms with Crippen molar-refractivity contribution in [3.05, 3.63) is 36.7 Å². The smallest absolute Gasteiger partial charge is 0.299 e. The Morgan fingerprint density at radius 1 is 1.00 bits per heavy atom. The molecule has 3 unspecified atom stereocenters. The van der Waals surface area contributed by atoms with Crippen molar-refractivity contribution in [2.75, 3.05) is 11.4 Å². The normalized spacial score (nSPS) is 29.1. The highest BCUT2D eigenvalue weighted by Crippen LogP contribution is 2.42. The monoisotopic (exact) mass is 392 g/mol. The van der Waals surface area contributed by atoms with Gasteiger partial charge in [0.15, 0.2) is 5.58 Å². The second-order valence-corrected chi connectivity index (χ2v) is 8.42. The van der Waals surface area contributed by atoms with E-state index in [-0.39, 0.29) is 24.0 Å². The molecule has 29 heavy (non-hydrogen) atoms. The number of hydrogen-bond donors (Lipinski definition) is 0. The van der Waals surface area contributed by atoms with Crippen molar-refractivity contribution in [3.8, 4) is 0 Å². The minimum atomic E-state index is -0.175. The van der Waals surface area contributed by atoms with Gasteiger partial charge in [-0.3, -0.25) is 4.79 Å². The molecule has 2 aromatic heterocycles. The number of carbonyl (C=O) groups excluding carboxylic acids is 1. The van der Waals surface area contributed by atoms with Gasteiger partial charge in [0, 0.05) is 18.6 Å². The molecule has 1 aromatic carbocycles. The number of fused-ring (bicyclic) bond motifs is 3. The van der Waals surface area contributed by atoms with Crippen LogP contribution in [0.3, 0.4) is 0 Å². The largest absolute Gasteiger partial charge is 0.423 e. The molecule has 0 spiro atoms. The van der Waals surface area contributed by atoms with Gasteiger partial charge in [0.1, 0.15) is 11.6 Å². The fourth-order valence-electron chi connectivity index (χ4n) is 5.52. The molecule has 3 fully saturated rings. The van der Waals surface area contributed by atoms with E-state index in [2.05, 4.69) is 25.0 Å². The van der Waals surface area contributed by atoms with E-state index in [1.807, 2.05) is 29.1 Å². The number of nitrogens with zero attached hydrogens (tertiary/aromatic N) is 6. The molecule has 6 rings (SSSR count). The lowest BCUT2D eigenvalue weighted by atomic mass is 9.96. The van der Waals surface area contributed by atoms with Crippen molar-refractivity contribution < 1.29 is 9.21 Å². The molecular formula is C21H24N6O2. The summed E-state index contributed by atoms with van der Waals surface area (Å²) in [5.41, 5.74) is 1.61. The zero-order chi connectivity index (χ0) is 19.4. The average Bonchev–Trinajstić information content (AvgIpc) is 3.52. The van der Waals surface area contributed by atoms with Crippen LogP contribution in [0.15, 0.2) is 41.1 Å². The molecule has 0 aliphatic carbocycles. The molecule has 0 saturated carbocycles. The second-order valence-electron chi connectivity index (χ2n) is 8.42. The van der Waals surface area contributed by atoms with Crippen molar-refractivity contribution in [2.24, 2.45) is 0 Å². The topological polar surface area (TPSA) is 80.3 Å². The van der Waals surface area contributed by atoms with Crippen molar-refractivity contribution in [1.29, 1.82) is 0 Å². The molecule has 0 N–H and O–H groups in total. The number of rotatable bonds is 3. The van der Waals surface area contributed by atoms with Crippen LogP contribution in [0.2, 0.25) is 0 Å². The molecular weight excluding hydrogens is 368 g/mol. The summed E-state index contributed by atoms with van der Waals surface area (Å²) in [6.07, 6.45) is 9.33. The molecule has 8 heteroatoms. The van der Waals surface area contributed by atoms with Crippen molar-refractivity contribution in [3.63, 3.8) is 0 Å². The van der Waals surface area contributed by atoms with E-state index in [1.54, 1.807) is 12.4 Å². The quantitative estimate of drug-likeness (QED) is 0.682. The number of amides is 1. The Morgan fingerprint density at radius 3 is 2.52 bits per heavy atom. The Hall–Kier alpha value is -2.90. The van der Waals surface area contributed by atoms with E-state index < -0.39 is 0 Å². The molecule has 3 aromatic rings. The van der Waals surface area contributed by atoms with Gasteiger partial charge in [-0.2, -0.15) is 20.0 Å². The third kappa shape index (κ3) is 2.73. The SMILES string of the molecule is O=C(C1CCCN1c1nc2ccccc2o1)N1C2CCC1CC(n1nccn1)C2. The Kier molecular flexibility index (Phi) is 3.85. The summed E-state index contributed by atoms with van der Waals surface area (Å²) in [6.45, 7) is 0.812. The van der Waals surface area contributed by atoms with Crippen molar-refractivity contribution in [2.45, 2.75) is 62.7 Å². The molecule has 8 nitrogen and oxygen atoms in total. The summed E-state index contributed by atoms with van der Waals surface area (Å²) in [7, 11) is 0. The second kappa shape index (κ2) is 6.57. The molecule has 0 radical (unpaired) electrons. The lowest BCUT2D eigenvalue weighted by molar-refractivity contribution is -0.137. The van der Waals surface area contributed by atoms with Crippen LogP contribution in [0.5, 0.6) is 0 Å². The minimum Gasteiger partial charge on any atom is -0.423 e. The van der Waals surface area contributed by atoms with Gasteiger partial charge in [-0.1, -0.05) is 12.1 Å². The van der Waals surface area contributed by atoms with Gasteiger partial charge in [0.05, 0.1) is 18.4 Å². The van der Waals surface area contributed by atoms with Crippen LogP contribution in [0.4, 0.5) is 6.01 Å². The number of carbonyl (C=O) groups is 1. The third-order valence-corrected chi connectivity index (χ3v) is 6.79. The number of benzene rings is 1. The van der Waals surface area contributed by atoms with E-state index >= 15 is 0 Å². The summed E-state index contributed by atoms with van der Waals surface area (Å²) < 4.78 is 5.98. The van der Waals surface area contributed by atoms with Gasteiger partial charge >= 0.3 is 0 Å². The zero-order valence-corrected chi connectivity index (χ0v) is 16.2. The van der Waals surface area contributed by atoms with Gasteiger partial charge in [0.25, 0.3) is 6.01 Å². The van der Waals surface area contributed by atoms with Crippen LogP contribution >= 0.6 is 0 Å². The van der Waals surface area contributed by atoms with E-state index in [1.165, 1.54) is 0 Å². The third-order valence-electron chi connectivity index (χ3n) is 6.79. The Balaban J connectivity index is 1.24. The van der Waals surface area contributed by atoms with Gasteiger partial charge in [-0.15, -0.1) is 0 Å². The molecule has 3 aliphatic rings. The number of piperidine rings is 1. The fourth-order valence-corrected chi connectivity index (χ4v) is 5.52. The first-order valence-corrected chi connectivity index (χ1v) is 10.6. The number of oxazole rings is 1. The van der Waals surface area contributed by atoms with E-state index in [0.717, 1.165) is 56.2 Å². The predicted octanol–water partition coefficient (Wildman–Crippen LogP) is 2.78. The molecule has 3 saturated heterocycles. The molecule has 1 amide bonds. The molecule has 5 heterocycles. The van der Waals surface area contributed by atoms with Crippen LogP contribution in [-0.2, 0) is 4.79 Å². The summed E-state index contributed by atoms with van der Waals surface area (Å²) >= 11 is 0. The first kappa shape index (κ1) is 17.0. The lowest BCUT2D eigenvalue weighted by Crippen LogP contribution is -2.53. The van der Waals surface area contributed by atoms with Crippen molar-refractivity contribution >= 4 is 23.0 Å². The van der Waals surface area contributed by atoms with Gasteiger partial charge in [0.2, 0.25) is 5.91 Å². The summed E-state index contributed by atoms with van der Waals surface area (Å²) in [4.78, 5) is 24.3. The van der Waals surface area contributed by atoms with Gasteiger partial charge in [-0.05, 0) is 50.7 Å². The zero-order valence-electron chi connectivity index (χ0n) is 16.2. The Labute approximate surface area is 168 Å². The summed E-state index contributed by atoms with van der Waals surface area (Å²) in [6, 6.07) is 9.03. The first-order chi connectivity index (χ1) is 14.3. The molecule has 3 aliphatic heterocycles. The predicted molar refractivity (Wildman–Crippen MR) is 106 cm³/mol. The lowest BCUT2D eigenvalue weighted by Gasteiger charge is -2.40. The highest BCUT2D eigenvalue weighted by atomic mass is 16.4. The molecule has 3 atom stereocenters. The summed E-state index contributed by atoms with van der Waals surface area (Å²) in [5, 5.41) is 8.66. The Morgan fingerprint density at radius 2 is 1.76 bits per heavy atom. The maximum atomic E-state index is 13.6. The van der Waals surface area contributed by atoms with E-state index in [9.17, 15) is 4.79 Å². The van der Waals surface area contributed by atoms with Crippen LogP contribution < -0.4 is 4.90 Å². The molecule has 2 bridgehead atoms. The highest BCUT2D eigenvalue weighted by molar-refractivity contribution is 5.87. The number of hydrogen-bond acceptors (Lipinski definition) is 6. The highest BCUT2D eigenvalue weighted by Gasteiger charge is 2.47. The van der Waals surface area contributed by atoms with Crippen LogP contribution in [0, 0.1) is 0 Å². The first-order valence-electron chi connectivity index (χ1n) is 10.6.